The van der Waals surface area contributed by atoms with E-state index in [-0.39, 0.29) is 6.10 Å². The fraction of sp³-hybridized carbons (Fsp3) is 0.471. The zero-order valence-corrected chi connectivity index (χ0v) is 13.6. The second kappa shape index (κ2) is 7.48. The summed E-state index contributed by atoms with van der Waals surface area (Å²) in [4.78, 5) is 6.76. The second-order valence-electron chi connectivity index (χ2n) is 5.64. The van der Waals surface area contributed by atoms with Crippen LogP contribution in [-0.2, 0) is 17.8 Å². The highest BCUT2D eigenvalue weighted by Crippen LogP contribution is 2.23. The largest absolute Gasteiger partial charge is 0.497 e. The number of hydrogen-bond donors (Lipinski definition) is 0. The van der Waals surface area contributed by atoms with Gasteiger partial charge in [-0.25, -0.2) is 4.98 Å². The molecule has 2 heterocycles. The molecule has 1 aromatic carbocycles. The van der Waals surface area contributed by atoms with Crippen LogP contribution in [0, 0.1) is 0 Å². The third kappa shape index (κ3) is 4.03. The Balaban J connectivity index is 1.47. The molecule has 0 bridgehead atoms. The lowest BCUT2D eigenvalue weighted by Gasteiger charge is -2.38. The van der Waals surface area contributed by atoms with Crippen molar-refractivity contribution in [1.82, 2.24) is 14.5 Å². The van der Waals surface area contributed by atoms with Gasteiger partial charge in [0.2, 0.25) is 0 Å². The van der Waals surface area contributed by atoms with E-state index in [1.54, 1.807) is 14.2 Å². The van der Waals surface area contributed by atoms with Crippen LogP contribution in [0.5, 0.6) is 11.5 Å². The van der Waals surface area contributed by atoms with Crippen LogP contribution in [0.4, 0.5) is 0 Å². The van der Waals surface area contributed by atoms with E-state index in [1.165, 1.54) is 0 Å². The lowest BCUT2D eigenvalue weighted by Crippen LogP contribution is -2.53. The van der Waals surface area contributed by atoms with Crippen molar-refractivity contribution in [3.8, 4) is 11.5 Å². The van der Waals surface area contributed by atoms with E-state index < -0.39 is 0 Å². The quantitative estimate of drug-likeness (QED) is 0.743. The maximum Gasteiger partial charge on any atom is 0.124 e. The highest BCUT2D eigenvalue weighted by atomic mass is 16.5. The van der Waals surface area contributed by atoms with Gasteiger partial charge >= 0.3 is 0 Å². The van der Waals surface area contributed by atoms with Crippen molar-refractivity contribution in [3.63, 3.8) is 0 Å². The molecular weight excluding hydrogens is 294 g/mol. The lowest BCUT2D eigenvalue weighted by atomic mass is 10.1. The molecule has 23 heavy (non-hydrogen) atoms. The summed E-state index contributed by atoms with van der Waals surface area (Å²) in [7, 11) is 3.38. The predicted octanol–water partition coefficient (Wildman–Crippen LogP) is 1.80. The smallest absolute Gasteiger partial charge is 0.124 e. The molecule has 0 N–H and O–H groups in total. The SMILES string of the molecule is COCCn1ccnc1CN1CC(Oc2cccc(OC)c2)C1. The fourth-order valence-corrected chi connectivity index (χ4v) is 2.68. The molecule has 1 saturated heterocycles. The summed E-state index contributed by atoms with van der Waals surface area (Å²) in [6.07, 6.45) is 4.07. The van der Waals surface area contributed by atoms with Crippen LogP contribution in [0.1, 0.15) is 5.82 Å². The Hall–Kier alpha value is -2.05. The Morgan fingerprint density at radius 2 is 2.04 bits per heavy atom. The summed E-state index contributed by atoms with van der Waals surface area (Å²) in [5.74, 6) is 2.75. The minimum Gasteiger partial charge on any atom is -0.497 e. The van der Waals surface area contributed by atoms with Gasteiger partial charge < -0.3 is 18.8 Å². The van der Waals surface area contributed by atoms with Gasteiger partial charge in [0, 0.05) is 45.2 Å². The predicted molar refractivity (Wildman–Crippen MR) is 86.8 cm³/mol. The van der Waals surface area contributed by atoms with Crippen molar-refractivity contribution in [2.24, 2.45) is 0 Å². The average molecular weight is 317 g/mol. The standard InChI is InChI=1S/C17H23N3O3/c1-21-9-8-20-7-6-18-17(20)13-19-11-16(12-19)23-15-5-3-4-14(10-15)22-2/h3-7,10,16H,8-9,11-13H2,1-2H3. The number of hydrogen-bond acceptors (Lipinski definition) is 5. The number of benzene rings is 1. The van der Waals surface area contributed by atoms with Crippen LogP contribution >= 0.6 is 0 Å². The maximum atomic E-state index is 5.97. The van der Waals surface area contributed by atoms with Crippen molar-refractivity contribution in [1.29, 1.82) is 0 Å². The van der Waals surface area contributed by atoms with Gasteiger partial charge in [-0.3, -0.25) is 4.90 Å². The van der Waals surface area contributed by atoms with Crippen LogP contribution in [0.25, 0.3) is 0 Å². The molecule has 124 valence electrons. The Kier molecular flexibility index (Phi) is 5.15. The van der Waals surface area contributed by atoms with Gasteiger partial charge in [0.15, 0.2) is 0 Å². The topological polar surface area (TPSA) is 48.8 Å². The van der Waals surface area contributed by atoms with Crippen molar-refractivity contribution in [3.05, 3.63) is 42.5 Å². The van der Waals surface area contributed by atoms with Gasteiger partial charge in [-0.1, -0.05) is 6.07 Å². The fourth-order valence-electron chi connectivity index (χ4n) is 2.68. The number of methoxy groups -OCH3 is 2. The summed E-state index contributed by atoms with van der Waals surface area (Å²) in [5.41, 5.74) is 0. The highest BCUT2D eigenvalue weighted by molar-refractivity contribution is 5.33. The summed E-state index contributed by atoms with van der Waals surface area (Å²) in [6.45, 7) is 4.20. The van der Waals surface area contributed by atoms with Crippen molar-refractivity contribution in [2.75, 3.05) is 33.9 Å². The van der Waals surface area contributed by atoms with E-state index in [2.05, 4.69) is 14.5 Å². The third-order valence-electron chi connectivity index (χ3n) is 3.97. The number of ether oxygens (including phenoxy) is 3. The van der Waals surface area contributed by atoms with E-state index >= 15 is 0 Å². The third-order valence-corrected chi connectivity index (χ3v) is 3.97. The van der Waals surface area contributed by atoms with Gasteiger partial charge in [-0.05, 0) is 12.1 Å². The summed E-state index contributed by atoms with van der Waals surface area (Å²) in [5, 5.41) is 0. The zero-order valence-electron chi connectivity index (χ0n) is 13.6. The normalized spacial score (nSPS) is 15.4. The minimum atomic E-state index is 0.226. The zero-order chi connectivity index (χ0) is 16.1. The van der Waals surface area contributed by atoms with Crippen LogP contribution in [0.3, 0.4) is 0 Å². The molecule has 1 fully saturated rings. The molecule has 3 rings (SSSR count). The summed E-state index contributed by atoms with van der Waals surface area (Å²) < 4.78 is 18.4. The van der Waals surface area contributed by atoms with Gasteiger partial charge in [-0.2, -0.15) is 0 Å². The van der Waals surface area contributed by atoms with E-state index in [9.17, 15) is 0 Å². The number of likely N-dealkylation sites (tertiary alicyclic amines) is 1. The van der Waals surface area contributed by atoms with Crippen molar-refractivity contribution >= 4 is 0 Å². The molecule has 0 aliphatic carbocycles. The average Bonchev–Trinajstić information content (AvgIpc) is 2.98. The van der Waals surface area contributed by atoms with Gasteiger partial charge in [0.1, 0.15) is 23.4 Å². The van der Waals surface area contributed by atoms with Crippen LogP contribution < -0.4 is 9.47 Å². The number of nitrogens with zero attached hydrogens (tertiary/aromatic N) is 3. The number of rotatable bonds is 8. The lowest BCUT2D eigenvalue weighted by molar-refractivity contribution is 0.0121. The molecule has 0 atom stereocenters. The Morgan fingerprint density at radius 1 is 1.22 bits per heavy atom. The molecule has 0 saturated carbocycles. The van der Waals surface area contributed by atoms with Crippen molar-refractivity contribution in [2.45, 2.75) is 19.2 Å². The molecule has 0 amide bonds. The Bertz CT molecular complexity index is 623. The monoisotopic (exact) mass is 317 g/mol. The minimum absolute atomic E-state index is 0.226. The second-order valence-corrected chi connectivity index (χ2v) is 5.64. The molecule has 6 heteroatoms. The molecule has 0 unspecified atom stereocenters. The molecule has 0 radical (unpaired) electrons. The van der Waals surface area contributed by atoms with E-state index in [0.717, 1.165) is 43.5 Å². The number of imidazole rings is 1. The van der Waals surface area contributed by atoms with Crippen LogP contribution in [0.15, 0.2) is 36.7 Å². The molecule has 1 aliphatic heterocycles. The Labute approximate surface area is 136 Å². The van der Waals surface area contributed by atoms with Crippen LogP contribution in [-0.4, -0.2) is 54.5 Å². The first-order valence-corrected chi connectivity index (χ1v) is 7.80. The molecular formula is C17H23N3O3. The van der Waals surface area contributed by atoms with Gasteiger partial charge in [0.05, 0.1) is 20.3 Å². The van der Waals surface area contributed by atoms with Crippen molar-refractivity contribution < 1.29 is 14.2 Å². The van der Waals surface area contributed by atoms with E-state index in [1.807, 2.05) is 36.7 Å². The number of aromatic nitrogens is 2. The van der Waals surface area contributed by atoms with E-state index in [0.29, 0.717) is 6.61 Å². The summed E-state index contributed by atoms with van der Waals surface area (Å²) >= 11 is 0. The molecule has 1 aromatic heterocycles. The Morgan fingerprint density at radius 3 is 2.83 bits per heavy atom. The maximum absolute atomic E-state index is 5.97. The molecule has 0 spiro atoms. The molecule has 2 aromatic rings. The highest BCUT2D eigenvalue weighted by Gasteiger charge is 2.29. The van der Waals surface area contributed by atoms with Gasteiger partial charge in [0.25, 0.3) is 0 Å². The first-order valence-electron chi connectivity index (χ1n) is 7.80. The first kappa shape index (κ1) is 15.8. The van der Waals surface area contributed by atoms with Crippen LogP contribution in [0.2, 0.25) is 0 Å². The first-order chi connectivity index (χ1) is 11.3. The molecule has 6 nitrogen and oxygen atoms in total. The van der Waals surface area contributed by atoms with E-state index in [4.69, 9.17) is 14.2 Å². The van der Waals surface area contributed by atoms with Gasteiger partial charge in [-0.15, -0.1) is 0 Å². The molecule has 1 aliphatic rings. The summed E-state index contributed by atoms with van der Waals surface area (Å²) in [6, 6.07) is 7.74.